The minimum absolute atomic E-state index is 0.0955. The summed E-state index contributed by atoms with van der Waals surface area (Å²) in [6.45, 7) is 1.90. The van der Waals surface area contributed by atoms with E-state index >= 15 is 0 Å². The van der Waals surface area contributed by atoms with Crippen LogP contribution < -0.4 is 0 Å². The predicted octanol–water partition coefficient (Wildman–Crippen LogP) is 0.827. The number of carboxylic acid groups (broad SMARTS) is 1. The van der Waals surface area contributed by atoms with Gasteiger partial charge in [0.15, 0.2) is 0 Å². The molecule has 1 aromatic rings. The number of hydrogen-bond acceptors (Lipinski definition) is 5. The minimum Gasteiger partial charge on any atom is -0.480 e. The van der Waals surface area contributed by atoms with Crippen LogP contribution in [-0.2, 0) is 14.8 Å². The van der Waals surface area contributed by atoms with Crippen molar-refractivity contribution in [1.29, 1.82) is 5.26 Å². The lowest BCUT2D eigenvalue weighted by molar-refractivity contribution is -0.144. The molecule has 1 aromatic heterocycles. The molecule has 2 atom stereocenters. The second-order valence-corrected chi connectivity index (χ2v) is 6.90. The maximum Gasteiger partial charge on any atom is 0.322 e. The molecule has 1 fully saturated rings. The summed E-state index contributed by atoms with van der Waals surface area (Å²) in [5, 5.41) is 18.0. The van der Waals surface area contributed by atoms with Gasteiger partial charge in [-0.15, -0.1) is 0 Å². The summed E-state index contributed by atoms with van der Waals surface area (Å²) in [7, 11) is -3.93. The maximum atomic E-state index is 12.6. The SMILES string of the molecule is CC1CCCN(S(=O)(=O)c2ccc(C#N)nc2)C1C(=O)O. The molecule has 21 heavy (non-hydrogen) atoms. The molecule has 0 aromatic carbocycles. The van der Waals surface area contributed by atoms with Gasteiger partial charge in [-0.3, -0.25) is 4.79 Å². The van der Waals surface area contributed by atoms with Crippen molar-refractivity contribution >= 4 is 16.0 Å². The smallest absolute Gasteiger partial charge is 0.322 e. The number of hydrogen-bond donors (Lipinski definition) is 1. The van der Waals surface area contributed by atoms with Crippen molar-refractivity contribution in [2.75, 3.05) is 6.54 Å². The summed E-state index contributed by atoms with van der Waals surface area (Å²) in [5.41, 5.74) is 0.107. The van der Waals surface area contributed by atoms with Crippen molar-refractivity contribution in [3.63, 3.8) is 0 Å². The van der Waals surface area contributed by atoms with E-state index in [1.54, 1.807) is 13.0 Å². The number of sulfonamides is 1. The van der Waals surface area contributed by atoms with Crippen LogP contribution in [0.1, 0.15) is 25.5 Å². The van der Waals surface area contributed by atoms with Gasteiger partial charge in [-0.25, -0.2) is 13.4 Å². The van der Waals surface area contributed by atoms with Gasteiger partial charge in [-0.05, 0) is 30.9 Å². The largest absolute Gasteiger partial charge is 0.480 e. The molecule has 1 N–H and O–H groups in total. The zero-order valence-electron chi connectivity index (χ0n) is 11.4. The molecule has 1 saturated heterocycles. The quantitative estimate of drug-likeness (QED) is 0.885. The summed E-state index contributed by atoms with van der Waals surface area (Å²) in [6.07, 6.45) is 2.38. The van der Waals surface area contributed by atoms with Crippen LogP contribution in [0.25, 0.3) is 0 Å². The summed E-state index contributed by atoms with van der Waals surface area (Å²) in [6, 6.07) is 3.31. The number of carboxylic acids is 1. The Labute approximate surface area is 122 Å². The Morgan fingerprint density at radius 3 is 2.76 bits per heavy atom. The number of piperidine rings is 1. The molecule has 1 aliphatic heterocycles. The Kier molecular flexibility index (Phi) is 4.25. The predicted molar refractivity (Wildman–Crippen MR) is 72.7 cm³/mol. The number of aliphatic carboxylic acids is 1. The van der Waals surface area contributed by atoms with Gasteiger partial charge in [0.1, 0.15) is 22.7 Å². The Morgan fingerprint density at radius 1 is 1.52 bits per heavy atom. The Hall–Kier alpha value is -1.98. The maximum absolute atomic E-state index is 12.6. The highest BCUT2D eigenvalue weighted by Crippen LogP contribution is 2.29. The van der Waals surface area contributed by atoms with Crippen LogP contribution in [0, 0.1) is 17.2 Å². The summed E-state index contributed by atoms with van der Waals surface area (Å²) < 4.78 is 26.2. The first-order chi connectivity index (χ1) is 9.87. The van der Waals surface area contributed by atoms with E-state index < -0.39 is 22.0 Å². The number of pyridine rings is 1. The first-order valence-corrected chi connectivity index (χ1v) is 7.92. The average molecular weight is 309 g/mol. The van der Waals surface area contributed by atoms with E-state index in [9.17, 15) is 18.3 Å². The Morgan fingerprint density at radius 2 is 2.24 bits per heavy atom. The van der Waals surface area contributed by atoms with E-state index in [0.717, 1.165) is 10.5 Å². The molecule has 112 valence electrons. The van der Waals surface area contributed by atoms with Gasteiger partial charge in [-0.2, -0.15) is 9.57 Å². The van der Waals surface area contributed by atoms with E-state index in [4.69, 9.17) is 5.26 Å². The van der Waals surface area contributed by atoms with Crippen LogP contribution in [0.4, 0.5) is 0 Å². The van der Waals surface area contributed by atoms with Gasteiger partial charge in [0, 0.05) is 12.7 Å². The van der Waals surface area contributed by atoms with E-state index in [0.29, 0.717) is 12.8 Å². The molecule has 1 aliphatic rings. The number of nitriles is 1. The summed E-state index contributed by atoms with van der Waals surface area (Å²) in [4.78, 5) is 15.0. The summed E-state index contributed by atoms with van der Waals surface area (Å²) >= 11 is 0. The Balaban J connectivity index is 2.41. The zero-order chi connectivity index (χ0) is 15.6. The van der Waals surface area contributed by atoms with Crippen molar-refractivity contribution < 1.29 is 18.3 Å². The number of carbonyl (C=O) groups is 1. The van der Waals surface area contributed by atoms with Crippen molar-refractivity contribution in [2.45, 2.75) is 30.7 Å². The normalized spacial score (nSPS) is 23.4. The van der Waals surface area contributed by atoms with Crippen molar-refractivity contribution in [3.05, 3.63) is 24.0 Å². The molecule has 2 unspecified atom stereocenters. The third-order valence-corrected chi connectivity index (χ3v) is 5.46. The molecule has 0 aliphatic carbocycles. The zero-order valence-corrected chi connectivity index (χ0v) is 12.2. The lowest BCUT2D eigenvalue weighted by Crippen LogP contribution is -2.51. The lowest BCUT2D eigenvalue weighted by atomic mass is 9.93. The van der Waals surface area contributed by atoms with Gasteiger partial charge < -0.3 is 5.11 Å². The molecule has 2 heterocycles. The fourth-order valence-electron chi connectivity index (χ4n) is 2.52. The van der Waals surface area contributed by atoms with E-state index in [-0.39, 0.29) is 23.1 Å². The van der Waals surface area contributed by atoms with Gasteiger partial charge in [0.05, 0.1) is 0 Å². The fourth-order valence-corrected chi connectivity index (χ4v) is 4.18. The van der Waals surface area contributed by atoms with Crippen molar-refractivity contribution in [3.8, 4) is 6.07 Å². The highest BCUT2D eigenvalue weighted by Gasteiger charge is 2.41. The third kappa shape index (κ3) is 2.89. The van der Waals surface area contributed by atoms with Gasteiger partial charge in [-0.1, -0.05) is 6.92 Å². The Bertz CT molecular complexity index is 678. The molecule has 2 rings (SSSR count). The first kappa shape index (κ1) is 15.4. The minimum atomic E-state index is -3.93. The average Bonchev–Trinajstić information content (AvgIpc) is 2.46. The molecule has 0 saturated carbocycles. The van der Waals surface area contributed by atoms with Crippen LogP contribution in [0.5, 0.6) is 0 Å². The topological polar surface area (TPSA) is 111 Å². The van der Waals surface area contributed by atoms with E-state index in [2.05, 4.69) is 4.98 Å². The monoisotopic (exact) mass is 309 g/mol. The van der Waals surface area contributed by atoms with Crippen LogP contribution in [0.3, 0.4) is 0 Å². The van der Waals surface area contributed by atoms with Crippen LogP contribution in [0.15, 0.2) is 23.2 Å². The van der Waals surface area contributed by atoms with E-state index in [1.165, 1.54) is 12.1 Å². The van der Waals surface area contributed by atoms with E-state index in [1.807, 2.05) is 0 Å². The van der Waals surface area contributed by atoms with Crippen LogP contribution in [-0.4, -0.2) is 41.4 Å². The molecular weight excluding hydrogens is 294 g/mol. The van der Waals surface area contributed by atoms with Crippen molar-refractivity contribution in [2.24, 2.45) is 5.92 Å². The number of nitrogens with zero attached hydrogens (tertiary/aromatic N) is 3. The van der Waals surface area contributed by atoms with Crippen LogP contribution in [0.2, 0.25) is 0 Å². The molecular formula is C13H15N3O4S. The number of rotatable bonds is 3. The third-order valence-electron chi connectivity index (χ3n) is 3.60. The first-order valence-electron chi connectivity index (χ1n) is 6.48. The fraction of sp³-hybridized carbons (Fsp3) is 0.462. The molecule has 0 spiro atoms. The second-order valence-electron chi connectivity index (χ2n) is 5.01. The molecule has 0 bridgehead atoms. The highest BCUT2D eigenvalue weighted by molar-refractivity contribution is 7.89. The lowest BCUT2D eigenvalue weighted by Gasteiger charge is -2.36. The molecule has 7 nitrogen and oxygen atoms in total. The number of aromatic nitrogens is 1. The van der Waals surface area contributed by atoms with Crippen molar-refractivity contribution in [1.82, 2.24) is 9.29 Å². The summed E-state index contributed by atoms with van der Waals surface area (Å²) in [5.74, 6) is -1.40. The van der Waals surface area contributed by atoms with Gasteiger partial charge in [0.25, 0.3) is 0 Å². The van der Waals surface area contributed by atoms with Crippen LogP contribution >= 0.6 is 0 Å². The molecule has 0 amide bonds. The van der Waals surface area contributed by atoms with Gasteiger partial charge >= 0.3 is 5.97 Å². The standard InChI is InChI=1S/C13H15N3O4S/c1-9-3-2-6-16(12(9)13(17)18)21(19,20)11-5-4-10(7-14)15-8-11/h4-5,8-9,12H,2-3,6H2,1H3,(H,17,18). The highest BCUT2D eigenvalue weighted by atomic mass is 32.2. The molecule has 8 heteroatoms. The molecule has 0 radical (unpaired) electrons. The second kappa shape index (κ2) is 5.79. The van der Waals surface area contributed by atoms with Gasteiger partial charge in [0.2, 0.25) is 10.0 Å².